The molecule has 3 rings (SSSR count). The standard InChI is InChI=1S/C14H16N4O/c15-14-17-12(8-10-6-7-19-9-10)16-13(18-14)11-4-2-1-3-5-11/h1-5,10H,6-9H2,(H2,15,16,17,18). The summed E-state index contributed by atoms with van der Waals surface area (Å²) < 4.78 is 5.37. The first-order valence-electron chi connectivity index (χ1n) is 6.45. The molecular weight excluding hydrogens is 240 g/mol. The zero-order chi connectivity index (χ0) is 13.1. The third-order valence-corrected chi connectivity index (χ3v) is 3.23. The Balaban J connectivity index is 1.87. The monoisotopic (exact) mass is 256 g/mol. The number of nitrogen functional groups attached to an aromatic ring is 1. The van der Waals surface area contributed by atoms with Crippen LogP contribution in [0.5, 0.6) is 0 Å². The van der Waals surface area contributed by atoms with Crippen LogP contribution < -0.4 is 5.73 Å². The smallest absolute Gasteiger partial charge is 0.223 e. The molecule has 5 heteroatoms. The Morgan fingerprint density at radius 3 is 2.74 bits per heavy atom. The van der Waals surface area contributed by atoms with Crippen LogP contribution in [0.25, 0.3) is 11.4 Å². The van der Waals surface area contributed by atoms with Gasteiger partial charge in [0.1, 0.15) is 5.82 Å². The quantitative estimate of drug-likeness (QED) is 0.904. The normalized spacial score (nSPS) is 18.6. The summed E-state index contributed by atoms with van der Waals surface area (Å²) in [5.74, 6) is 2.16. The highest BCUT2D eigenvalue weighted by Gasteiger charge is 2.18. The lowest BCUT2D eigenvalue weighted by Crippen LogP contribution is -2.10. The molecule has 1 aliphatic heterocycles. The van der Waals surface area contributed by atoms with Crippen LogP contribution in [0, 0.1) is 5.92 Å². The number of benzene rings is 1. The molecule has 0 aliphatic carbocycles. The highest BCUT2D eigenvalue weighted by Crippen LogP contribution is 2.19. The van der Waals surface area contributed by atoms with Crippen molar-refractivity contribution in [1.29, 1.82) is 0 Å². The second-order valence-corrected chi connectivity index (χ2v) is 4.73. The minimum atomic E-state index is 0.280. The first-order chi connectivity index (χ1) is 9.31. The van der Waals surface area contributed by atoms with Gasteiger partial charge >= 0.3 is 0 Å². The van der Waals surface area contributed by atoms with Gasteiger partial charge in [-0.2, -0.15) is 9.97 Å². The van der Waals surface area contributed by atoms with E-state index in [1.807, 2.05) is 30.3 Å². The maximum absolute atomic E-state index is 5.78. The van der Waals surface area contributed by atoms with Gasteiger partial charge in [-0.05, 0) is 12.3 Å². The average molecular weight is 256 g/mol. The van der Waals surface area contributed by atoms with Crippen molar-refractivity contribution in [1.82, 2.24) is 15.0 Å². The molecule has 0 amide bonds. The molecule has 0 radical (unpaired) electrons. The number of nitrogens with two attached hydrogens (primary N) is 1. The molecule has 2 heterocycles. The summed E-state index contributed by atoms with van der Waals surface area (Å²) in [6.07, 6.45) is 1.86. The number of hydrogen-bond donors (Lipinski definition) is 1. The van der Waals surface area contributed by atoms with Crippen molar-refractivity contribution in [2.75, 3.05) is 18.9 Å². The maximum Gasteiger partial charge on any atom is 0.223 e. The topological polar surface area (TPSA) is 73.9 Å². The fourth-order valence-electron chi connectivity index (χ4n) is 2.25. The molecular formula is C14H16N4O. The highest BCUT2D eigenvalue weighted by molar-refractivity contribution is 5.55. The summed E-state index contributed by atoms with van der Waals surface area (Å²) in [4.78, 5) is 12.9. The maximum atomic E-state index is 5.78. The molecule has 1 saturated heterocycles. The van der Waals surface area contributed by atoms with Crippen LogP contribution >= 0.6 is 0 Å². The van der Waals surface area contributed by atoms with Crippen LogP contribution in [-0.2, 0) is 11.2 Å². The predicted octanol–water partition coefficient (Wildman–Crippen LogP) is 1.70. The molecule has 0 saturated carbocycles. The van der Waals surface area contributed by atoms with Gasteiger partial charge in [-0.25, -0.2) is 4.98 Å². The fraction of sp³-hybridized carbons (Fsp3) is 0.357. The van der Waals surface area contributed by atoms with Crippen LogP contribution in [-0.4, -0.2) is 28.2 Å². The van der Waals surface area contributed by atoms with E-state index in [1.165, 1.54) is 0 Å². The molecule has 1 aliphatic rings. The Morgan fingerprint density at radius 2 is 2.00 bits per heavy atom. The average Bonchev–Trinajstić information content (AvgIpc) is 2.92. The largest absolute Gasteiger partial charge is 0.381 e. The Bertz CT molecular complexity index is 553. The molecule has 98 valence electrons. The number of anilines is 1. The van der Waals surface area contributed by atoms with Gasteiger partial charge < -0.3 is 10.5 Å². The van der Waals surface area contributed by atoms with Gasteiger partial charge in [0.15, 0.2) is 5.82 Å². The first kappa shape index (κ1) is 12.0. The summed E-state index contributed by atoms with van der Waals surface area (Å²) >= 11 is 0. The highest BCUT2D eigenvalue weighted by atomic mass is 16.5. The van der Waals surface area contributed by atoms with Gasteiger partial charge in [0.05, 0.1) is 0 Å². The Morgan fingerprint density at radius 1 is 1.16 bits per heavy atom. The minimum absolute atomic E-state index is 0.280. The van der Waals surface area contributed by atoms with Crippen molar-refractivity contribution in [2.45, 2.75) is 12.8 Å². The van der Waals surface area contributed by atoms with E-state index in [0.717, 1.165) is 37.4 Å². The molecule has 1 unspecified atom stereocenters. The Hall–Kier alpha value is -2.01. The van der Waals surface area contributed by atoms with E-state index >= 15 is 0 Å². The summed E-state index contributed by atoms with van der Waals surface area (Å²) in [6.45, 7) is 1.61. The van der Waals surface area contributed by atoms with Crippen LogP contribution in [0.15, 0.2) is 30.3 Å². The Kier molecular flexibility index (Phi) is 3.37. The number of aromatic nitrogens is 3. The predicted molar refractivity (Wildman–Crippen MR) is 72.3 cm³/mol. The molecule has 1 fully saturated rings. The van der Waals surface area contributed by atoms with E-state index in [1.54, 1.807) is 0 Å². The van der Waals surface area contributed by atoms with Crippen LogP contribution in [0.3, 0.4) is 0 Å². The van der Waals surface area contributed by atoms with Crippen LogP contribution in [0.1, 0.15) is 12.2 Å². The molecule has 19 heavy (non-hydrogen) atoms. The molecule has 0 bridgehead atoms. The zero-order valence-corrected chi connectivity index (χ0v) is 10.6. The van der Waals surface area contributed by atoms with E-state index in [0.29, 0.717) is 11.7 Å². The van der Waals surface area contributed by atoms with Gasteiger partial charge in [-0.1, -0.05) is 30.3 Å². The van der Waals surface area contributed by atoms with E-state index in [9.17, 15) is 0 Å². The lowest BCUT2D eigenvalue weighted by molar-refractivity contribution is 0.185. The van der Waals surface area contributed by atoms with Crippen LogP contribution in [0.4, 0.5) is 5.95 Å². The molecule has 5 nitrogen and oxygen atoms in total. The summed E-state index contributed by atoms with van der Waals surface area (Å²) in [7, 11) is 0. The van der Waals surface area contributed by atoms with Gasteiger partial charge in [-0.3, -0.25) is 0 Å². The zero-order valence-electron chi connectivity index (χ0n) is 10.6. The van der Waals surface area contributed by atoms with Crippen molar-refractivity contribution < 1.29 is 4.74 Å². The molecule has 1 aromatic heterocycles. The van der Waals surface area contributed by atoms with E-state index < -0.39 is 0 Å². The fourth-order valence-corrected chi connectivity index (χ4v) is 2.25. The van der Waals surface area contributed by atoms with E-state index in [4.69, 9.17) is 10.5 Å². The van der Waals surface area contributed by atoms with Gasteiger partial charge in [-0.15, -0.1) is 0 Å². The lowest BCUT2D eigenvalue weighted by atomic mass is 10.0. The van der Waals surface area contributed by atoms with Crippen molar-refractivity contribution in [3.05, 3.63) is 36.2 Å². The third-order valence-electron chi connectivity index (χ3n) is 3.23. The van der Waals surface area contributed by atoms with Crippen molar-refractivity contribution >= 4 is 5.95 Å². The third kappa shape index (κ3) is 2.88. The second kappa shape index (κ2) is 5.32. The number of hydrogen-bond acceptors (Lipinski definition) is 5. The van der Waals surface area contributed by atoms with E-state index in [-0.39, 0.29) is 5.95 Å². The SMILES string of the molecule is Nc1nc(CC2CCOC2)nc(-c2ccccc2)n1. The van der Waals surface area contributed by atoms with Crippen molar-refractivity contribution in [3.8, 4) is 11.4 Å². The minimum Gasteiger partial charge on any atom is -0.381 e. The molecule has 2 aromatic rings. The summed E-state index contributed by atoms with van der Waals surface area (Å²) in [6, 6.07) is 9.82. The number of ether oxygens (including phenoxy) is 1. The van der Waals surface area contributed by atoms with Crippen molar-refractivity contribution in [2.24, 2.45) is 5.92 Å². The summed E-state index contributed by atoms with van der Waals surface area (Å²) in [5, 5.41) is 0. The molecule has 0 spiro atoms. The van der Waals surface area contributed by atoms with E-state index in [2.05, 4.69) is 15.0 Å². The second-order valence-electron chi connectivity index (χ2n) is 4.73. The van der Waals surface area contributed by atoms with Gasteiger partial charge in [0, 0.05) is 25.2 Å². The van der Waals surface area contributed by atoms with Crippen LogP contribution in [0.2, 0.25) is 0 Å². The number of rotatable bonds is 3. The van der Waals surface area contributed by atoms with Crippen molar-refractivity contribution in [3.63, 3.8) is 0 Å². The molecule has 2 N–H and O–H groups in total. The molecule has 1 aromatic carbocycles. The molecule has 1 atom stereocenters. The Labute approximate surface area is 111 Å². The van der Waals surface area contributed by atoms with Gasteiger partial charge in [0.2, 0.25) is 5.95 Å². The first-order valence-corrected chi connectivity index (χ1v) is 6.45. The summed E-state index contributed by atoms with van der Waals surface area (Å²) in [5.41, 5.74) is 6.74. The van der Waals surface area contributed by atoms with Gasteiger partial charge in [0.25, 0.3) is 0 Å². The lowest BCUT2D eigenvalue weighted by Gasteiger charge is -2.08. The number of nitrogens with zero attached hydrogens (tertiary/aromatic N) is 3.